The molecule has 1 unspecified atom stereocenters. The van der Waals surface area contributed by atoms with Gasteiger partial charge in [0.15, 0.2) is 0 Å². The second-order valence-corrected chi connectivity index (χ2v) is 10.4. The van der Waals surface area contributed by atoms with Gasteiger partial charge in [-0.1, -0.05) is 6.07 Å². The number of carbonyl (C=O) groups excluding carboxylic acids is 2. The van der Waals surface area contributed by atoms with E-state index in [0.717, 1.165) is 65.9 Å². The fourth-order valence-electron chi connectivity index (χ4n) is 5.74. The van der Waals surface area contributed by atoms with Crippen molar-refractivity contribution in [1.29, 1.82) is 5.41 Å². The van der Waals surface area contributed by atoms with E-state index in [4.69, 9.17) is 20.9 Å². The van der Waals surface area contributed by atoms with Crippen molar-refractivity contribution in [1.82, 2.24) is 14.9 Å². The number of benzene rings is 2. The van der Waals surface area contributed by atoms with E-state index in [2.05, 4.69) is 23.3 Å². The number of esters is 1. The van der Waals surface area contributed by atoms with Gasteiger partial charge in [0.1, 0.15) is 11.7 Å². The third-order valence-electron chi connectivity index (χ3n) is 7.91. The van der Waals surface area contributed by atoms with Crippen molar-refractivity contribution >= 4 is 46.8 Å². The lowest BCUT2D eigenvalue weighted by Crippen LogP contribution is -2.42. The Bertz CT molecular complexity index is 1370. The molecule has 208 valence electrons. The Kier molecular flexibility index (Phi) is 8.49. The van der Waals surface area contributed by atoms with Crippen LogP contribution in [-0.4, -0.2) is 51.8 Å². The summed E-state index contributed by atoms with van der Waals surface area (Å²) in [5.41, 5.74) is 10.6. The number of fused-ring (bicyclic) bond motifs is 1. The molecule has 2 aliphatic rings. The minimum atomic E-state index is -0.486. The summed E-state index contributed by atoms with van der Waals surface area (Å²) in [4.78, 5) is 36.1. The SMILES string of the molecule is CCOC(=O)CCC1CCCN1C(=O)C1(c2ccc3[nH]c(CNc4ccc(C(=N)N)cc4)nc3c2C)CC1.Cl. The Morgan fingerprint density at radius 1 is 1.23 bits per heavy atom. The number of likely N-dealkylation sites (tertiary alicyclic amines) is 1. The number of nitrogens with one attached hydrogen (secondary N) is 3. The number of nitrogen functional groups attached to an aromatic ring is 1. The Hall–Kier alpha value is -3.59. The highest BCUT2D eigenvalue weighted by Gasteiger charge is 2.55. The first kappa shape index (κ1) is 28.4. The van der Waals surface area contributed by atoms with Crippen molar-refractivity contribution in [2.24, 2.45) is 5.73 Å². The van der Waals surface area contributed by atoms with Gasteiger partial charge in [0.2, 0.25) is 5.91 Å². The highest BCUT2D eigenvalue weighted by Crippen LogP contribution is 2.52. The van der Waals surface area contributed by atoms with Gasteiger partial charge in [-0.2, -0.15) is 0 Å². The Balaban J connectivity index is 0.00000353. The highest BCUT2D eigenvalue weighted by atomic mass is 35.5. The molecule has 10 heteroatoms. The quantitative estimate of drug-likeness (QED) is 0.165. The third kappa shape index (κ3) is 5.73. The maximum atomic E-state index is 13.9. The van der Waals surface area contributed by atoms with Gasteiger partial charge in [-0.3, -0.25) is 15.0 Å². The van der Waals surface area contributed by atoms with Crippen molar-refractivity contribution in [3.8, 4) is 0 Å². The fourth-order valence-corrected chi connectivity index (χ4v) is 5.74. The number of hydrogen-bond donors (Lipinski definition) is 4. The molecule has 39 heavy (non-hydrogen) atoms. The predicted molar refractivity (Wildman–Crippen MR) is 154 cm³/mol. The summed E-state index contributed by atoms with van der Waals surface area (Å²) < 4.78 is 5.09. The second kappa shape index (κ2) is 11.7. The monoisotopic (exact) mass is 552 g/mol. The molecule has 1 amide bonds. The second-order valence-electron chi connectivity index (χ2n) is 10.4. The van der Waals surface area contributed by atoms with Gasteiger partial charge >= 0.3 is 5.97 Å². The van der Waals surface area contributed by atoms with Gasteiger partial charge in [-0.25, -0.2) is 4.98 Å². The number of H-pyrrole nitrogens is 1. The Morgan fingerprint density at radius 3 is 2.64 bits per heavy atom. The molecule has 2 aromatic carbocycles. The third-order valence-corrected chi connectivity index (χ3v) is 7.91. The minimum Gasteiger partial charge on any atom is -0.466 e. The van der Waals surface area contributed by atoms with Crippen molar-refractivity contribution < 1.29 is 14.3 Å². The minimum absolute atomic E-state index is 0. The number of anilines is 1. The number of halogens is 1. The van der Waals surface area contributed by atoms with Gasteiger partial charge in [-0.05, 0) is 87.4 Å². The highest BCUT2D eigenvalue weighted by molar-refractivity contribution is 5.95. The summed E-state index contributed by atoms with van der Waals surface area (Å²) in [6.45, 7) is 5.53. The van der Waals surface area contributed by atoms with E-state index >= 15 is 0 Å². The first-order valence-corrected chi connectivity index (χ1v) is 13.5. The molecule has 5 rings (SSSR count). The number of amidine groups is 1. The summed E-state index contributed by atoms with van der Waals surface area (Å²) >= 11 is 0. The van der Waals surface area contributed by atoms with E-state index in [1.54, 1.807) is 0 Å². The van der Waals surface area contributed by atoms with Crippen LogP contribution in [0.1, 0.15) is 68.0 Å². The van der Waals surface area contributed by atoms with Crippen LogP contribution in [0.15, 0.2) is 36.4 Å². The fraction of sp³-hybridized carbons (Fsp3) is 0.448. The van der Waals surface area contributed by atoms with E-state index in [0.29, 0.717) is 31.6 Å². The van der Waals surface area contributed by atoms with Crippen LogP contribution in [0, 0.1) is 12.3 Å². The number of imidazole rings is 1. The number of rotatable bonds is 10. The van der Waals surface area contributed by atoms with E-state index in [1.807, 2.05) is 42.2 Å². The summed E-state index contributed by atoms with van der Waals surface area (Å²) in [5.74, 6) is 0.860. The lowest BCUT2D eigenvalue weighted by Gasteiger charge is -2.30. The average Bonchev–Trinajstić information content (AvgIpc) is 3.37. The lowest BCUT2D eigenvalue weighted by molar-refractivity contribution is -0.144. The van der Waals surface area contributed by atoms with Crippen LogP contribution in [0.2, 0.25) is 0 Å². The van der Waals surface area contributed by atoms with Gasteiger partial charge in [0.25, 0.3) is 0 Å². The molecule has 0 bridgehead atoms. The molecule has 5 N–H and O–H groups in total. The van der Waals surface area contributed by atoms with Crippen molar-refractivity contribution in [3.63, 3.8) is 0 Å². The van der Waals surface area contributed by atoms with Crippen LogP contribution in [0.5, 0.6) is 0 Å². The van der Waals surface area contributed by atoms with Crippen LogP contribution in [-0.2, 0) is 26.3 Å². The number of hydrogen-bond acceptors (Lipinski definition) is 6. The molecule has 1 atom stereocenters. The molecule has 0 radical (unpaired) electrons. The molecule has 1 aromatic heterocycles. The molecular weight excluding hydrogens is 516 g/mol. The van der Waals surface area contributed by atoms with E-state index in [1.165, 1.54) is 0 Å². The standard InChI is InChI=1S/C29H36N6O3.ClH/c1-3-38-25(36)13-10-21-5-4-16-35(21)28(37)29(14-15-29)22-11-12-23-26(18(22)2)34-24(33-23)17-32-20-8-6-19(7-9-20)27(30)31;/h6-9,11-12,21,32H,3-5,10,13-17H2,1-2H3,(H3,30,31)(H,33,34);1H. The molecule has 1 aliphatic heterocycles. The Labute approximate surface area is 234 Å². The van der Waals surface area contributed by atoms with Crippen LogP contribution in [0.25, 0.3) is 11.0 Å². The summed E-state index contributed by atoms with van der Waals surface area (Å²) in [5, 5.41) is 10.9. The van der Waals surface area contributed by atoms with Gasteiger partial charge in [-0.15, -0.1) is 12.4 Å². The molecular formula is C29H37ClN6O3. The molecule has 9 nitrogen and oxygen atoms in total. The summed E-state index contributed by atoms with van der Waals surface area (Å²) in [7, 11) is 0. The molecule has 0 spiro atoms. The van der Waals surface area contributed by atoms with E-state index in [-0.39, 0.29) is 36.2 Å². The van der Waals surface area contributed by atoms with Crippen LogP contribution < -0.4 is 11.1 Å². The van der Waals surface area contributed by atoms with E-state index in [9.17, 15) is 9.59 Å². The molecule has 1 saturated heterocycles. The number of amides is 1. The predicted octanol–water partition coefficient (Wildman–Crippen LogP) is 4.56. The van der Waals surface area contributed by atoms with Gasteiger partial charge in [0, 0.05) is 30.3 Å². The van der Waals surface area contributed by atoms with Crippen molar-refractivity contribution in [2.75, 3.05) is 18.5 Å². The van der Waals surface area contributed by atoms with Crippen molar-refractivity contribution in [2.45, 2.75) is 70.4 Å². The maximum Gasteiger partial charge on any atom is 0.305 e. The Morgan fingerprint density at radius 2 is 1.97 bits per heavy atom. The number of aryl methyl sites for hydroxylation is 1. The zero-order chi connectivity index (χ0) is 26.9. The average molecular weight is 553 g/mol. The first-order chi connectivity index (χ1) is 18.3. The smallest absolute Gasteiger partial charge is 0.305 e. The molecule has 2 heterocycles. The van der Waals surface area contributed by atoms with Gasteiger partial charge < -0.3 is 25.7 Å². The molecule has 1 saturated carbocycles. The van der Waals surface area contributed by atoms with Gasteiger partial charge in [0.05, 0.1) is 29.6 Å². The zero-order valence-corrected chi connectivity index (χ0v) is 23.3. The first-order valence-electron chi connectivity index (χ1n) is 13.5. The van der Waals surface area contributed by atoms with Crippen LogP contribution in [0.4, 0.5) is 5.69 Å². The van der Waals surface area contributed by atoms with Crippen LogP contribution in [0.3, 0.4) is 0 Å². The molecule has 2 fully saturated rings. The maximum absolute atomic E-state index is 13.9. The largest absolute Gasteiger partial charge is 0.466 e. The van der Waals surface area contributed by atoms with Crippen molar-refractivity contribution in [3.05, 3.63) is 58.9 Å². The number of aromatic nitrogens is 2. The van der Waals surface area contributed by atoms with Crippen LogP contribution >= 0.6 is 12.4 Å². The molecule has 3 aromatic rings. The lowest BCUT2D eigenvalue weighted by atomic mass is 9.89. The number of nitrogens with zero attached hydrogens (tertiary/aromatic N) is 2. The number of nitrogens with two attached hydrogens (primary N) is 1. The number of ether oxygens (including phenoxy) is 1. The number of aromatic amines is 1. The molecule has 1 aliphatic carbocycles. The topological polar surface area (TPSA) is 137 Å². The zero-order valence-electron chi connectivity index (χ0n) is 22.5. The summed E-state index contributed by atoms with van der Waals surface area (Å²) in [6.07, 6.45) is 4.60. The number of carbonyl (C=O) groups is 2. The summed E-state index contributed by atoms with van der Waals surface area (Å²) in [6, 6.07) is 11.6. The normalized spacial score (nSPS) is 17.5. The van der Waals surface area contributed by atoms with E-state index < -0.39 is 5.41 Å².